The van der Waals surface area contributed by atoms with Crippen molar-refractivity contribution in [2.24, 2.45) is 0 Å². The van der Waals surface area contributed by atoms with Crippen LogP contribution in [0, 0.1) is 0 Å². The number of rotatable bonds is 7. The molecule has 0 aliphatic rings. The summed E-state index contributed by atoms with van der Waals surface area (Å²) in [4.78, 5) is 15.1. The minimum absolute atomic E-state index is 0.123. The third-order valence-corrected chi connectivity index (χ3v) is 5.29. The molecule has 0 aliphatic heterocycles. The molecule has 0 radical (unpaired) electrons. The molecule has 0 aliphatic carbocycles. The van der Waals surface area contributed by atoms with Gasteiger partial charge in [0.25, 0.3) is 0 Å². The number of pyridine rings is 1. The quantitative estimate of drug-likeness (QED) is 0.500. The normalized spacial score (nSPS) is 12.9. The fourth-order valence-corrected chi connectivity index (χ4v) is 3.87. The van der Waals surface area contributed by atoms with Crippen molar-refractivity contribution in [1.29, 1.82) is 0 Å². The number of ether oxygens (including phenoxy) is 1. The third kappa shape index (κ3) is 5.03. The molecular formula is C20H16BrNO5S. The van der Waals surface area contributed by atoms with Gasteiger partial charge in [-0.3, -0.25) is 9.78 Å². The Bertz CT molecular complexity index is 1010. The summed E-state index contributed by atoms with van der Waals surface area (Å²) in [7, 11) is 0. The molecule has 1 aromatic heterocycles. The zero-order valence-electron chi connectivity index (χ0n) is 14.5. The van der Waals surface area contributed by atoms with E-state index >= 15 is 0 Å². The Morgan fingerprint density at radius 2 is 1.96 bits per heavy atom. The number of halogens is 1. The highest BCUT2D eigenvalue weighted by Crippen LogP contribution is 2.37. The van der Waals surface area contributed by atoms with Crippen LogP contribution >= 0.6 is 15.9 Å². The van der Waals surface area contributed by atoms with Gasteiger partial charge in [-0.15, -0.1) is 0 Å². The minimum Gasteiger partial charge on any atom is -0.481 e. The lowest BCUT2D eigenvalue weighted by Crippen LogP contribution is -2.10. The van der Waals surface area contributed by atoms with Crippen LogP contribution in [0.15, 0.2) is 71.3 Å². The van der Waals surface area contributed by atoms with E-state index in [4.69, 9.17) is 9.84 Å². The number of carbonyl (C=O) groups is 1. The van der Waals surface area contributed by atoms with Crippen molar-refractivity contribution < 1.29 is 23.4 Å². The van der Waals surface area contributed by atoms with Crippen LogP contribution in [0.3, 0.4) is 0 Å². The van der Waals surface area contributed by atoms with Gasteiger partial charge in [-0.25, -0.2) is 4.21 Å². The minimum atomic E-state index is -2.24. The Morgan fingerprint density at radius 3 is 2.64 bits per heavy atom. The zero-order chi connectivity index (χ0) is 20.1. The van der Waals surface area contributed by atoms with Gasteiger partial charge < -0.3 is 14.4 Å². The number of carboxylic acids is 1. The Labute approximate surface area is 172 Å². The van der Waals surface area contributed by atoms with Crippen LogP contribution in [-0.4, -0.2) is 24.8 Å². The first-order valence-electron chi connectivity index (χ1n) is 8.22. The molecule has 3 aromatic rings. The summed E-state index contributed by atoms with van der Waals surface area (Å²) in [5.41, 5.74) is 1.51. The van der Waals surface area contributed by atoms with Crippen LogP contribution in [0.1, 0.15) is 22.1 Å². The number of nitrogens with zero attached hydrogens (tertiary/aromatic N) is 1. The molecule has 0 fully saturated rings. The maximum atomic E-state index is 12.1. The molecule has 28 heavy (non-hydrogen) atoms. The van der Waals surface area contributed by atoms with Gasteiger partial charge in [0.1, 0.15) is 16.7 Å². The molecule has 3 rings (SSSR count). The van der Waals surface area contributed by atoms with E-state index in [1.165, 1.54) is 0 Å². The Balaban J connectivity index is 2.01. The van der Waals surface area contributed by atoms with Gasteiger partial charge in [-0.1, -0.05) is 34.1 Å². The summed E-state index contributed by atoms with van der Waals surface area (Å²) in [5, 5.41) is 8.06. The molecule has 0 amide bonds. The number of carboxylic acid groups (broad SMARTS) is 1. The molecule has 0 spiro atoms. The SMILES string of the molecule is O=C(O)Cc1cccc(Oc2ccc(Br)cc2C(c2ccccn2)S(=O)O)c1. The third-order valence-electron chi connectivity index (χ3n) is 3.89. The number of hydrogen-bond acceptors (Lipinski definition) is 4. The van der Waals surface area contributed by atoms with E-state index < -0.39 is 22.3 Å². The van der Waals surface area contributed by atoms with E-state index in [0.29, 0.717) is 28.3 Å². The van der Waals surface area contributed by atoms with Crippen LogP contribution in [-0.2, 0) is 22.3 Å². The van der Waals surface area contributed by atoms with Crippen molar-refractivity contribution in [3.63, 3.8) is 0 Å². The molecule has 2 atom stereocenters. The topological polar surface area (TPSA) is 96.7 Å². The molecule has 0 saturated heterocycles. The standard InChI is InChI=1S/C20H16BrNO5S/c21-14-7-8-18(27-15-5-3-4-13(10-15)11-19(23)24)16(12-14)20(28(25)26)17-6-1-2-9-22-17/h1-10,12,20H,11H2,(H,23,24)(H,25,26). The van der Waals surface area contributed by atoms with Gasteiger partial charge >= 0.3 is 5.97 Å². The van der Waals surface area contributed by atoms with E-state index in [0.717, 1.165) is 4.47 Å². The highest BCUT2D eigenvalue weighted by molar-refractivity contribution is 9.10. The molecule has 0 bridgehead atoms. The second-order valence-electron chi connectivity index (χ2n) is 5.91. The van der Waals surface area contributed by atoms with Gasteiger partial charge in [-0.05, 0) is 48.0 Å². The maximum Gasteiger partial charge on any atom is 0.307 e. The average molecular weight is 462 g/mol. The van der Waals surface area contributed by atoms with Crippen LogP contribution in [0.2, 0.25) is 0 Å². The van der Waals surface area contributed by atoms with E-state index in [-0.39, 0.29) is 6.42 Å². The molecular weight excluding hydrogens is 446 g/mol. The van der Waals surface area contributed by atoms with Crippen LogP contribution < -0.4 is 4.74 Å². The smallest absolute Gasteiger partial charge is 0.307 e. The zero-order valence-corrected chi connectivity index (χ0v) is 16.9. The molecule has 144 valence electrons. The largest absolute Gasteiger partial charge is 0.481 e. The van der Waals surface area contributed by atoms with Crippen LogP contribution in [0.5, 0.6) is 11.5 Å². The van der Waals surface area contributed by atoms with Crippen LogP contribution in [0.25, 0.3) is 0 Å². The second-order valence-corrected chi connectivity index (χ2v) is 7.85. The van der Waals surface area contributed by atoms with Gasteiger partial charge in [-0.2, -0.15) is 0 Å². The van der Waals surface area contributed by atoms with Crippen molar-refractivity contribution in [2.75, 3.05) is 0 Å². The first kappa shape index (κ1) is 20.2. The molecule has 6 nitrogen and oxygen atoms in total. The average Bonchev–Trinajstić information content (AvgIpc) is 2.64. The Kier molecular flexibility index (Phi) is 6.56. The highest BCUT2D eigenvalue weighted by atomic mass is 79.9. The van der Waals surface area contributed by atoms with E-state index in [9.17, 15) is 13.6 Å². The van der Waals surface area contributed by atoms with Gasteiger partial charge in [0.2, 0.25) is 0 Å². The van der Waals surface area contributed by atoms with Crippen molar-refractivity contribution in [3.8, 4) is 11.5 Å². The first-order chi connectivity index (χ1) is 13.4. The maximum absolute atomic E-state index is 12.1. The first-order valence-corrected chi connectivity index (χ1v) is 10.2. The van der Waals surface area contributed by atoms with Crippen molar-refractivity contribution in [2.45, 2.75) is 11.7 Å². The monoisotopic (exact) mass is 461 g/mol. The summed E-state index contributed by atoms with van der Waals surface area (Å²) < 4.78 is 28.7. The molecule has 8 heteroatoms. The summed E-state index contributed by atoms with van der Waals surface area (Å²) >= 11 is 1.15. The second kappa shape index (κ2) is 9.09. The fraction of sp³-hybridized carbons (Fsp3) is 0.100. The van der Waals surface area contributed by atoms with E-state index in [2.05, 4.69) is 20.9 Å². The van der Waals surface area contributed by atoms with Crippen molar-refractivity contribution >= 4 is 33.0 Å². The number of hydrogen-bond donors (Lipinski definition) is 2. The summed E-state index contributed by atoms with van der Waals surface area (Å²) in [6.45, 7) is 0. The summed E-state index contributed by atoms with van der Waals surface area (Å²) in [5.74, 6) is -0.119. The fourth-order valence-electron chi connectivity index (χ4n) is 2.74. The van der Waals surface area contributed by atoms with Gasteiger partial charge in [0.15, 0.2) is 11.1 Å². The van der Waals surface area contributed by atoms with Gasteiger partial charge in [0.05, 0.1) is 12.1 Å². The Morgan fingerprint density at radius 1 is 1.14 bits per heavy atom. The highest BCUT2D eigenvalue weighted by Gasteiger charge is 2.26. The molecule has 2 unspecified atom stereocenters. The molecule has 2 N–H and O–H groups in total. The lowest BCUT2D eigenvalue weighted by Gasteiger charge is -2.18. The summed E-state index contributed by atoms with van der Waals surface area (Å²) in [6, 6.07) is 17.0. The van der Waals surface area contributed by atoms with Crippen molar-refractivity contribution in [1.82, 2.24) is 4.98 Å². The summed E-state index contributed by atoms with van der Waals surface area (Å²) in [6.07, 6.45) is 1.44. The Hall–Kier alpha value is -2.55. The predicted octanol–water partition coefficient (Wildman–Crippen LogP) is 4.57. The molecule has 1 heterocycles. The number of aliphatic carboxylic acids is 1. The lowest BCUT2D eigenvalue weighted by atomic mass is 10.1. The van der Waals surface area contributed by atoms with Crippen molar-refractivity contribution in [3.05, 3.63) is 88.2 Å². The number of aromatic nitrogens is 1. The van der Waals surface area contributed by atoms with E-state index in [1.807, 2.05) is 0 Å². The predicted molar refractivity (Wildman–Crippen MR) is 109 cm³/mol. The molecule has 2 aromatic carbocycles. The number of benzene rings is 2. The van der Waals surface area contributed by atoms with E-state index in [1.54, 1.807) is 66.9 Å². The lowest BCUT2D eigenvalue weighted by molar-refractivity contribution is -0.136. The van der Waals surface area contributed by atoms with Gasteiger partial charge in [0, 0.05) is 16.2 Å². The van der Waals surface area contributed by atoms with Crippen LogP contribution in [0.4, 0.5) is 0 Å². The molecule has 0 saturated carbocycles.